The lowest BCUT2D eigenvalue weighted by Gasteiger charge is -2.07. The van der Waals surface area contributed by atoms with Crippen LogP contribution in [0.25, 0.3) is 21.6 Å². The van der Waals surface area contributed by atoms with E-state index in [0.717, 1.165) is 27.4 Å². The minimum atomic E-state index is -2.93. The van der Waals surface area contributed by atoms with Crippen LogP contribution in [-0.2, 0) is 6.42 Å². The Morgan fingerprint density at radius 2 is 1.89 bits per heavy atom. The number of aromatic nitrogens is 3. The smallest absolute Gasteiger partial charge is 0.388 e. The molecule has 2 heterocycles. The van der Waals surface area contributed by atoms with E-state index in [1.165, 1.54) is 11.8 Å². The average molecular weight is 383 g/mol. The minimum Gasteiger partial charge on any atom is -0.415 e. The van der Waals surface area contributed by atoms with E-state index in [-0.39, 0.29) is 5.88 Å². The molecule has 7 heteroatoms. The van der Waals surface area contributed by atoms with Crippen molar-refractivity contribution in [1.29, 1.82) is 0 Å². The molecule has 4 nitrogen and oxygen atoms in total. The zero-order valence-corrected chi connectivity index (χ0v) is 15.2. The predicted octanol–water partition coefficient (Wildman–Crippen LogP) is 5.25. The standard InChI is InChI=1S/C20H15F2N3OS/c1-12-7-15(18-16(8-12)25-17(11-23-18)26-20(21)22)19-24-10-14(27-19)9-13-5-3-2-4-6-13/h2-8,10-11,20H,9H2,1H3. The SMILES string of the molecule is Cc1cc(-c2ncc(Cc3ccccc3)s2)c2ncc(OC(F)F)nc2c1. The van der Waals surface area contributed by atoms with E-state index < -0.39 is 6.61 Å². The maximum Gasteiger partial charge on any atom is 0.388 e. The van der Waals surface area contributed by atoms with E-state index >= 15 is 0 Å². The third kappa shape index (κ3) is 3.93. The van der Waals surface area contributed by atoms with Crippen LogP contribution in [0.2, 0.25) is 0 Å². The quantitative estimate of drug-likeness (QED) is 0.472. The van der Waals surface area contributed by atoms with Gasteiger partial charge in [-0.15, -0.1) is 11.3 Å². The Labute approximate surface area is 158 Å². The number of hydrogen-bond donors (Lipinski definition) is 0. The second-order valence-electron chi connectivity index (χ2n) is 6.06. The Bertz CT molecular complexity index is 1080. The molecular formula is C20H15F2N3OS. The van der Waals surface area contributed by atoms with E-state index in [1.807, 2.05) is 37.4 Å². The molecule has 0 aliphatic carbocycles. The average Bonchev–Trinajstić information content (AvgIpc) is 3.09. The van der Waals surface area contributed by atoms with Crippen molar-refractivity contribution < 1.29 is 13.5 Å². The third-order valence-electron chi connectivity index (χ3n) is 3.98. The Morgan fingerprint density at radius 3 is 2.67 bits per heavy atom. The summed E-state index contributed by atoms with van der Waals surface area (Å²) in [5.41, 5.74) is 4.12. The number of thiazole rings is 1. The van der Waals surface area contributed by atoms with Crippen molar-refractivity contribution in [3.05, 3.63) is 70.9 Å². The third-order valence-corrected chi connectivity index (χ3v) is 5.01. The van der Waals surface area contributed by atoms with Crippen molar-refractivity contribution in [2.45, 2.75) is 20.0 Å². The summed E-state index contributed by atoms with van der Waals surface area (Å²) in [6.07, 6.45) is 3.88. The molecule has 0 aliphatic heterocycles. The number of ether oxygens (including phenoxy) is 1. The first kappa shape index (κ1) is 17.5. The molecular weight excluding hydrogens is 368 g/mol. The van der Waals surface area contributed by atoms with Crippen molar-refractivity contribution in [3.63, 3.8) is 0 Å². The predicted molar refractivity (Wildman–Crippen MR) is 101 cm³/mol. The monoisotopic (exact) mass is 383 g/mol. The normalized spacial score (nSPS) is 11.3. The van der Waals surface area contributed by atoms with Gasteiger partial charge in [0.25, 0.3) is 0 Å². The topological polar surface area (TPSA) is 47.9 Å². The van der Waals surface area contributed by atoms with Gasteiger partial charge in [-0.2, -0.15) is 8.78 Å². The number of nitrogens with zero attached hydrogens (tertiary/aromatic N) is 3. The highest BCUT2D eigenvalue weighted by molar-refractivity contribution is 7.15. The molecule has 0 bridgehead atoms. The number of halogens is 2. The highest BCUT2D eigenvalue weighted by Gasteiger charge is 2.14. The summed E-state index contributed by atoms with van der Waals surface area (Å²) >= 11 is 1.59. The molecule has 4 rings (SSSR count). The maximum atomic E-state index is 12.4. The summed E-state index contributed by atoms with van der Waals surface area (Å²) in [5, 5.41) is 0.825. The number of hydrogen-bond acceptors (Lipinski definition) is 5. The van der Waals surface area contributed by atoms with Gasteiger partial charge in [0.15, 0.2) is 0 Å². The van der Waals surface area contributed by atoms with Gasteiger partial charge in [-0.1, -0.05) is 30.3 Å². The molecule has 2 aromatic heterocycles. The van der Waals surface area contributed by atoms with Crippen LogP contribution >= 0.6 is 11.3 Å². The molecule has 0 spiro atoms. The molecule has 27 heavy (non-hydrogen) atoms. The number of rotatable bonds is 5. The molecule has 0 saturated carbocycles. The lowest BCUT2D eigenvalue weighted by atomic mass is 10.1. The number of fused-ring (bicyclic) bond motifs is 1. The van der Waals surface area contributed by atoms with Crippen LogP contribution in [0, 0.1) is 6.92 Å². The van der Waals surface area contributed by atoms with Crippen LogP contribution < -0.4 is 4.74 Å². The molecule has 0 saturated heterocycles. The fourth-order valence-corrected chi connectivity index (χ4v) is 3.83. The van der Waals surface area contributed by atoms with Crippen LogP contribution in [0.3, 0.4) is 0 Å². The van der Waals surface area contributed by atoms with Crippen molar-refractivity contribution in [2.24, 2.45) is 0 Å². The van der Waals surface area contributed by atoms with Gasteiger partial charge >= 0.3 is 6.61 Å². The van der Waals surface area contributed by atoms with Crippen LogP contribution in [-0.4, -0.2) is 21.6 Å². The highest BCUT2D eigenvalue weighted by Crippen LogP contribution is 2.32. The van der Waals surface area contributed by atoms with Crippen LogP contribution in [0.5, 0.6) is 5.88 Å². The summed E-state index contributed by atoms with van der Waals surface area (Å²) in [6.45, 7) is -1.01. The van der Waals surface area contributed by atoms with Gasteiger partial charge in [0.05, 0.1) is 17.2 Å². The van der Waals surface area contributed by atoms with Crippen molar-refractivity contribution in [1.82, 2.24) is 15.0 Å². The zero-order chi connectivity index (χ0) is 18.8. The molecule has 0 amide bonds. The van der Waals surface area contributed by atoms with Crippen LogP contribution in [0.4, 0.5) is 8.78 Å². The van der Waals surface area contributed by atoms with E-state index in [9.17, 15) is 8.78 Å². The van der Waals surface area contributed by atoms with E-state index in [0.29, 0.717) is 11.0 Å². The molecule has 0 N–H and O–H groups in total. The number of benzene rings is 2. The van der Waals surface area contributed by atoms with Gasteiger partial charge < -0.3 is 4.74 Å². The van der Waals surface area contributed by atoms with Gasteiger partial charge in [-0.05, 0) is 30.2 Å². The van der Waals surface area contributed by atoms with Crippen molar-refractivity contribution in [2.75, 3.05) is 0 Å². The molecule has 0 fully saturated rings. The second-order valence-corrected chi connectivity index (χ2v) is 7.18. The van der Waals surface area contributed by atoms with Crippen LogP contribution in [0.1, 0.15) is 16.0 Å². The first-order valence-corrected chi connectivity index (χ1v) is 9.11. The summed E-state index contributed by atoms with van der Waals surface area (Å²) in [7, 11) is 0. The van der Waals surface area contributed by atoms with Gasteiger partial charge in [0.2, 0.25) is 5.88 Å². The van der Waals surface area contributed by atoms with Crippen molar-refractivity contribution >= 4 is 22.4 Å². The number of alkyl halides is 2. The molecule has 136 valence electrons. The molecule has 4 aromatic rings. The fraction of sp³-hybridized carbons (Fsp3) is 0.150. The summed E-state index contributed by atoms with van der Waals surface area (Å²) in [5.74, 6) is -0.196. The van der Waals surface area contributed by atoms with E-state index in [1.54, 1.807) is 17.4 Å². The minimum absolute atomic E-state index is 0.196. The molecule has 0 aliphatic rings. The van der Waals surface area contributed by atoms with Crippen molar-refractivity contribution in [3.8, 4) is 16.5 Å². The molecule has 0 unspecified atom stereocenters. The first-order valence-electron chi connectivity index (χ1n) is 8.30. The van der Waals surface area contributed by atoms with Gasteiger partial charge in [0, 0.05) is 23.1 Å². The van der Waals surface area contributed by atoms with E-state index in [2.05, 4.69) is 31.8 Å². The van der Waals surface area contributed by atoms with Gasteiger partial charge in [-0.25, -0.2) is 15.0 Å². The molecule has 2 aromatic carbocycles. The Morgan fingerprint density at radius 1 is 1.07 bits per heavy atom. The summed E-state index contributed by atoms with van der Waals surface area (Å²) < 4.78 is 29.2. The second kappa shape index (κ2) is 7.36. The van der Waals surface area contributed by atoms with Gasteiger partial charge in [-0.3, -0.25) is 0 Å². The number of aryl methyl sites for hydroxylation is 1. The lowest BCUT2D eigenvalue weighted by molar-refractivity contribution is -0.0528. The maximum absolute atomic E-state index is 12.4. The van der Waals surface area contributed by atoms with E-state index in [4.69, 9.17) is 0 Å². The Balaban J connectivity index is 1.71. The zero-order valence-electron chi connectivity index (χ0n) is 14.4. The fourth-order valence-electron chi connectivity index (χ4n) is 2.87. The largest absolute Gasteiger partial charge is 0.415 e. The summed E-state index contributed by atoms with van der Waals surface area (Å²) in [6, 6.07) is 14.0. The Kier molecular flexibility index (Phi) is 4.77. The summed E-state index contributed by atoms with van der Waals surface area (Å²) in [4.78, 5) is 14.1. The van der Waals surface area contributed by atoms with Crippen LogP contribution in [0.15, 0.2) is 54.9 Å². The molecule has 0 atom stereocenters. The first-order chi connectivity index (χ1) is 13.1. The lowest BCUT2D eigenvalue weighted by Crippen LogP contribution is -2.04. The highest BCUT2D eigenvalue weighted by atomic mass is 32.1. The van der Waals surface area contributed by atoms with Gasteiger partial charge in [0.1, 0.15) is 5.01 Å². The Hall–Kier alpha value is -2.93. The molecule has 0 radical (unpaired) electrons.